The van der Waals surface area contributed by atoms with Gasteiger partial charge in [-0.3, -0.25) is 0 Å². The highest BCUT2D eigenvalue weighted by atomic mass is 32.2. The van der Waals surface area contributed by atoms with E-state index in [4.69, 9.17) is 4.74 Å². The molecular weight excluding hydrogens is 334 g/mol. The average molecular weight is 353 g/mol. The third kappa shape index (κ3) is 3.80. The molecule has 1 heterocycles. The molecule has 0 N–H and O–H groups in total. The van der Waals surface area contributed by atoms with Gasteiger partial charge in [-0.05, 0) is 49.6 Å². The van der Waals surface area contributed by atoms with Gasteiger partial charge < -0.3 is 4.74 Å². The molecule has 0 spiro atoms. The second-order valence-electron chi connectivity index (χ2n) is 4.96. The van der Waals surface area contributed by atoms with Crippen LogP contribution in [0.1, 0.15) is 35.1 Å². The SMILES string of the molecule is CCOC(=O)c1ccc(S(=O)(=O)N(C)[C@@H](C)c2cccs2)cc1. The van der Waals surface area contributed by atoms with Crippen LogP contribution < -0.4 is 0 Å². The lowest BCUT2D eigenvalue weighted by molar-refractivity contribution is 0.0526. The van der Waals surface area contributed by atoms with Crippen molar-refractivity contribution in [3.8, 4) is 0 Å². The van der Waals surface area contributed by atoms with Gasteiger partial charge in [0.1, 0.15) is 0 Å². The van der Waals surface area contributed by atoms with Gasteiger partial charge in [0.2, 0.25) is 10.0 Å². The average Bonchev–Trinajstić information content (AvgIpc) is 3.08. The first-order valence-electron chi connectivity index (χ1n) is 7.16. The van der Waals surface area contributed by atoms with Crippen molar-refractivity contribution < 1.29 is 17.9 Å². The number of thiophene rings is 1. The first-order valence-corrected chi connectivity index (χ1v) is 9.48. The molecule has 5 nitrogen and oxygen atoms in total. The summed E-state index contributed by atoms with van der Waals surface area (Å²) < 4.78 is 31.6. The third-order valence-electron chi connectivity index (χ3n) is 3.54. The van der Waals surface area contributed by atoms with Gasteiger partial charge >= 0.3 is 5.97 Å². The van der Waals surface area contributed by atoms with Gasteiger partial charge in [-0.25, -0.2) is 13.2 Å². The highest BCUT2D eigenvalue weighted by Crippen LogP contribution is 2.28. The van der Waals surface area contributed by atoms with Crippen LogP contribution in [0.4, 0.5) is 0 Å². The molecule has 1 atom stereocenters. The standard InChI is InChI=1S/C16H19NO4S2/c1-4-21-16(18)13-7-9-14(10-8-13)23(19,20)17(3)12(2)15-6-5-11-22-15/h5-12H,4H2,1-3H3/t12-/m0/s1. The Morgan fingerprint density at radius 3 is 2.43 bits per heavy atom. The zero-order valence-electron chi connectivity index (χ0n) is 13.2. The third-order valence-corrected chi connectivity index (χ3v) is 6.53. The lowest BCUT2D eigenvalue weighted by Gasteiger charge is -2.23. The van der Waals surface area contributed by atoms with Crippen molar-refractivity contribution in [2.24, 2.45) is 0 Å². The van der Waals surface area contributed by atoms with Crippen molar-refractivity contribution in [3.63, 3.8) is 0 Å². The molecule has 0 aliphatic rings. The summed E-state index contributed by atoms with van der Waals surface area (Å²) in [6.07, 6.45) is 0. The van der Waals surface area contributed by atoms with Gasteiger partial charge in [-0.2, -0.15) is 4.31 Å². The fourth-order valence-corrected chi connectivity index (χ4v) is 4.30. The monoisotopic (exact) mass is 353 g/mol. The molecule has 0 radical (unpaired) electrons. The van der Waals surface area contributed by atoms with Gasteiger partial charge in [0, 0.05) is 11.9 Å². The van der Waals surface area contributed by atoms with Crippen molar-refractivity contribution >= 4 is 27.3 Å². The molecule has 1 aromatic heterocycles. The second-order valence-corrected chi connectivity index (χ2v) is 7.93. The predicted octanol–water partition coefficient (Wildman–Crippen LogP) is 3.31. The molecule has 7 heteroatoms. The molecule has 124 valence electrons. The number of esters is 1. The van der Waals surface area contributed by atoms with Gasteiger partial charge in [-0.1, -0.05) is 6.07 Å². The number of rotatable bonds is 6. The van der Waals surface area contributed by atoms with Crippen molar-refractivity contribution in [2.75, 3.05) is 13.7 Å². The van der Waals surface area contributed by atoms with Crippen LogP contribution in [0.2, 0.25) is 0 Å². The number of sulfonamides is 1. The zero-order valence-corrected chi connectivity index (χ0v) is 14.9. The topological polar surface area (TPSA) is 63.7 Å². The maximum absolute atomic E-state index is 12.7. The van der Waals surface area contributed by atoms with Gasteiger partial charge in [0.15, 0.2) is 0 Å². The van der Waals surface area contributed by atoms with Gasteiger partial charge in [-0.15, -0.1) is 11.3 Å². The summed E-state index contributed by atoms with van der Waals surface area (Å²) in [6, 6.07) is 9.34. The highest BCUT2D eigenvalue weighted by molar-refractivity contribution is 7.89. The van der Waals surface area contributed by atoms with E-state index in [1.165, 1.54) is 39.9 Å². The minimum atomic E-state index is -3.63. The van der Waals surface area contributed by atoms with Gasteiger partial charge in [0.25, 0.3) is 0 Å². The molecule has 2 rings (SSSR count). The molecule has 23 heavy (non-hydrogen) atoms. The molecule has 0 fully saturated rings. The number of hydrogen-bond acceptors (Lipinski definition) is 5. The van der Waals surface area contributed by atoms with Crippen LogP contribution in [0.5, 0.6) is 0 Å². The van der Waals surface area contributed by atoms with Crippen LogP contribution in [-0.2, 0) is 14.8 Å². The van der Waals surface area contributed by atoms with E-state index in [-0.39, 0.29) is 17.5 Å². The molecule has 0 bridgehead atoms. The Morgan fingerprint density at radius 1 is 1.26 bits per heavy atom. The van der Waals surface area contributed by atoms with Crippen LogP contribution in [0.15, 0.2) is 46.7 Å². The van der Waals surface area contributed by atoms with Crippen molar-refractivity contribution in [3.05, 3.63) is 52.2 Å². The summed E-state index contributed by atoms with van der Waals surface area (Å²) in [6.45, 7) is 3.84. The Balaban J connectivity index is 2.24. The van der Waals surface area contributed by atoms with Crippen molar-refractivity contribution in [1.82, 2.24) is 4.31 Å². The Kier molecular flexibility index (Phi) is 5.56. The molecule has 0 amide bonds. The molecule has 0 saturated carbocycles. The highest BCUT2D eigenvalue weighted by Gasteiger charge is 2.27. The summed E-state index contributed by atoms with van der Waals surface area (Å²) in [5.74, 6) is -0.461. The van der Waals surface area contributed by atoms with E-state index < -0.39 is 16.0 Å². The number of ether oxygens (including phenoxy) is 1. The minimum Gasteiger partial charge on any atom is -0.462 e. The lowest BCUT2D eigenvalue weighted by Crippen LogP contribution is -2.29. The normalized spacial score (nSPS) is 13.0. The fourth-order valence-electron chi connectivity index (χ4n) is 2.06. The summed E-state index contributed by atoms with van der Waals surface area (Å²) in [7, 11) is -2.08. The Labute approximate surface area is 140 Å². The molecule has 2 aromatic rings. The number of nitrogens with zero attached hydrogens (tertiary/aromatic N) is 1. The van der Waals surface area contributed by atoms with E-state index in [1.54, 1.807) is 14.0 Å². The fraction of sp³-hybridized carbons (Fsp3) is 0.312. The van der Waals surface area contributed by atoms with E-state index in [1.807, 2.05) is 24.4 Å². The van der Waals surface area contributed by atoms with Crippen molar-refractivity contribution in [1.29, 1.82) is 0 Å². The second kappa shape index (κ2) is 7.25. The Bertz CT molecular complexity index is 752. The van der Waals surface area contributed by atoms with E-state index in [0.717, 1.165) is 4.88 Å². The predicted molar refractivity (Wildman–Crippen MR) is 90.1 cm³/mol. The minimum absolute atomic E-state index is 0.149. The maximum atomic E-state index is 12.7. The van der Waals surface area contributed by atoms with E-state index >= 15 is 0 Å². The molecule has 0 aliphatic carbocycles. The van der Waals surface area contributed by atoms with Crippen molar-refractivity contribution in [2.45, 2.75) is 24.8 Å². The Morgan fingerprint density at radius 2 is 1.91 bits per heavy atom. The Hall–Kier alpha value is -1.70. The number of benzene rings is 1. The smallest absolute Gasteiger partial charge is 0.338 e. The van der Waals surface area contributed by atoms with Gasteiger partial charge in [0.05, 0.1) is 23.1 Å². The molecule has 1 aromatic carbocycles. The maximum Gasteiger partial charge on any atom is 0.338 e. The molecule has 0 saturated heterocycles. The molecule has 0 unspecified atom stereocenters. The van der Waals surface area contributed by atoms with Crippen LogP contribution in [0.25, 0.3) is 0 Å². The molecule has 0 aliphatic heterocycles. The molecular formula is C16H19NO4S2. The first kappa shape index (κ1) is 17.7. The van der Waals surface area contributed by atoms with Crippen LogP contribution in [0, 0.1) is 0 Å². The summed E-state index contributed by atoms with van der Waals surface area (Å²) in [5, 5.41) is 1.92. The van der Waals surface area contributed by atoms with Crippen LogP contribution in [-0.4, -0.2) is 32.3 Å². The van der Waals surface area contributed by atoms with E-state index in [9.17, 15) is 13.2 Å². The van der Waals surface area contributed by atoms with E-state index in [2.05, 4.69) is 0 Å². The largest absolute Gasteiger partial charge is 0.462 e. The van der Waals surface area contributed by atoms with E-state index in [0.29, 0.717) is 5.56 Å². The van der Waals surface area contributed by atoms with Crippen LogP contribution in [0.3, 0.4) is 0 Å². The summed E-state index contributed by atoms with van der Waals surface area (Å²) >= 11 is 1.52. The number of carbonyl (C=O) groups is 1. The lowest BCUT2D eigenvalue weighted by atomic mass is 10.2. The van der Waals surface area contributed by atoms with Crippen LogP contribution >= 0.6 is 11.3 Å². The summed E-state index contributed by atoms with van der Waals surface area (Å²) in [5.41, 5.74) is 0.333. The summed E-state index contributed by atoms with van der Waals surface area (Å²) in [4.78, 5) is 12.7. The number of hydrogen-bond donors (Lipinski definition) is 0. The first-order chi connectivity index (χ1) is 10.9. The number of carbonyl (C=O) groups excluding carboxylic acids is 1. The zero-order chi connectivity index (χ0) is 17.0. The quantitative estimate of drug-likeness (QED) is 0.748.